The van der Waals surface area contributed by atoms with Crippen molar-refractivity contribution in [2.45, 2.75) is 19.4 Å². The summed E-state index contributed by atoms with van der Waals surface area (Å²) in [6.07, 6.45) is 6.06. The summed E-state index contributed by atoms with van der Waals surface area (Å²) in [5.74, 6) is -0.286. The third-order valence-electron chi connectivity index (χ3n) is 3.28. The van der Waals surface area contributed by atoms with Gasteiger partial charge in [0.2, 0.25) is 5.91 Å². The van der Waals surface area contributed by atoms with Crippen molar-refractivity contribution < 1.29 is 14.3 Å². The maximum Gasteiger partial charge on any atom is 0.343 e. The summed E-state index contributed by atoms with van der Waals surface area (Å²) in [6, 6.07) is -0.0167. The highest BCUT2D eigenvalue weighted by Gasteiger charge is 2.38. The number of hydrogen-bond acceptors (Lipinski definition) is 4. The van der Waals surface area contributed by atoms with Crippen LogP contribution in [-0.2, 0) is 9.53 Å². The number of nitrogens with zero attached hydrogens (tertiary/aromatic N) is 2. The standard InChI is InChI=1S/C12H13N3O3/c1-2-18-12(17)8-6-13-15-9-5-3-4-7(9)11(16)14-10(8)15/h3-4,6-7,9H,2,5H2,1H3,(H,14,16). The average Bonchev–Trinajstić information content (AvgIpc) is 2.94. The molecule has 0 spiro atoms. The molecule has 2 atom stereocenters. The van der Waals surface area contributed by atoms with Crippen molar-refractivity contribution in [1.29, 1.82) is 0 Å². The Morgan fingerprint density at radius 2 is 2.50 bits per heavy atom. The van der Waals surface area contributed by atoms with Crippen molar-refractivity contribution in [3.05, 3.63) is 23.9 Å². The number of ether oxygens (including phenoxy) is 1. The number of esters is 1. The van der Waals surface area contributed by atoms with Gasteiger partial charge in [0.25, 0.3) is 0 Å². The van der Waals surface area contributed by atoms with E-state index < -0.39 is 5.97 Å². The molecule has 0 aromatic carbocycles. The summed E-state index contributed by atoms with van der Waals surface area (Å²) < 4.78 is 6.65. The lowest BCUT2D eigenvalue weighted by atomic mass is 10.0. The van der Waals surface area contributed by atoms with Gasteiger partial charge in [0, 0.05) is 0 Å². The topological polar surface area (TPSA) is 73.2 Å². The van der Waals surface area contributed by atoms with Gasteiger partial charge in [-0.25, -0.2) is 9.48 Å². The number of nitrogens with one attached hydrogen (secondary N) is 1. The fourth-order valence-electron chi connectivity index (χ4n) is 2.45. The van der Waals surface area contributed by atoms with Gasteiger partial charge < -0.3 is 10.1 Å². The lowest BCUT2D eigenvalue weighted by molar-refractivity contribution is -0.120. The molecule has 0 saturated heterocycles. The normalized spacial score (nSPS) is 24.4. The van der Waals surface area contributed by atoms with E-state index in [1.54, 1.807) is 11.6 Å². The molecule has 1 aliphatic heterocycles. The maximum absolute atomic E-state index is 11.9. The van der Waals surface area contributed by atoms with E-state index in [1.807, 2.05) is 12.2 Å². The summed E-state index contributed by atoms with van der Waals surface area (Å²) in [6.45, 7) is 2.04. The molecule has 3 rings (SSSR count). The van der Waals surface area contributed by atoms with Gasteiger partial charge >= 0.3 is 5.97 Å². The zero-order chi connectivity index (χ0) is 12.7. The number of aromatic nitrogens is 2. The molecule has 0 saturated carbocycles. The van der Waals surface area contributed by atoms with Crippen LogP contribution < -0.4 is 5.32 Å². The van der Waals surface area contributed by atoms with Crippen molar-refractivity contribution in [3.63, 3.8) is 0 Å². The second-order valence-electron chi connectivity index (χ2n) is 4.32. The minimum atomic E-state index is -0.455. The Balaban J connectivity index is 2.00. The van der Waals surface area contributed by atoms with Crippen molar-refractivity contribution in [2.24, 2.45) is 5.92 Å². The number of allylic oxidation sites excluding steroid dienone is 1. The first-order valence-electron chi connectivity index (χ1n) is 5.94. The maximum atomic E-state index is 11.9. The minimum Gasteiger partial charge on any atom is -0.462 e. The SMILES string of the molecule is CCOC(=O)c1cnn2c1NC(=O)C1C=CCC12. The number of anilines is 1. The predicted molar refractivity (Wildman–Crippen MR) is 63.1 cm³/mol. The molecule has 2 aliphatic rings. The summed E-state index contributed by atoms with van der Waals surface area (Å²) in [5, 5.41) is 6.93. The van der Waals surface area contributed by atoms with E-state index in [-0.39, 0.29) is 17.9 Å². The van der Waals surface area contributed by atoms with Gasteiger partial charge in [0.05, 0.1) is 24.8 Å². The second kappa shape index (κ2) is 3.97. The quantitative estimate of drug-likeness (QED) is 0.628. The van der Waals surface area contributed by atoms with E-state index >= 15 is 0 Å². The fraction of sp³-hybridized carbons (Fsp3) is 0.417. The van der Waals surface area contributed by atoms with Gasteiger partial charge in [-0.1, -0.05) is 12.2 Å². The molecule has 18 heavy (non-hydrogen) atoms. The van der Waals surface area contributed by atoms with Gasteiger partial charge in [-0.15, -0.1) is 0 Å². The molecule has 94 valence electrons. The fourth-order valence-corrected chi connectivity index (χ4v) is 2.45. The average molecular weight is 247 g/mol. The van der Waals surface area contributed by atoms with Gasteiger partial charge in [-0.3, -0.25) is 4.79 Å². The van der Waals surface area contributed by atoms with Crippen molar-refractivity contribution in [2.75, 3.05) is 11.9 Å². The smallest absolute Gasteiger partial charge is 0.343 e. The molecule has 1 aliphatic carbocycles. The summed E-state index contributed by atoms with van der Waals surface area (Å²) >= 11 is 0. The van der Waals surface area contributed by atoms with Crippen molar-refractivity contribution in [3.8, 4) is 0 Å². The largest absolute Gasteiger partial charge is 0.462 e. The first-order valence-corrected chi connectivity index (χ1v) is 5.94. The van der Waals surface area contributed by atoms with E-state index in [1.165, 1.54) is 6.20 Å². The molecule has 2 heterocycles. The molecular formula is C12H13N3O3. The molecule has 2 unspecified atom stereocenters. The zero-order valence-corrected chi connectivity index (χ0v) is 9.92. The van der Waals surface area contributed by atoms with Crippen LogP contribution in [-0.4, -0.2) is 28.3 Å². The molecule has 1 aromatic heterocycles. The van der Waals surface area contributed by atoms with Gasteiger partial charge in [0.1, 0.15) is 11.4 Å². The Kier molecular flexibility index (Phi) is 2.43. The monoisotopic (exact) mass is 247 g/mol. The Hall–Kier alpha value is -2.11. The van der Waals surface area contributed by atoms with Crippen molar-refractivity contribution >= 4 is 17.7 Å². The van der Waals surface area contributed by atoms with E-state index in [0.717, 1.165) is 6.42 Å². The van der Waals surface area contributed by atoms with Crippen LogP contribution in [0.2, 0.25) is 0 Å². The third kappa shape index (κ3) is 1.45. The number of fused-ring (bicyclic) bond motifs is 3. The first kappa shape index (κ1) is 11.0. The lowest BCUT2D eigenvalue weighted by Gasteiger charge is -2.27. The molecular weight excluding hydrogens is 234 g/mol. The highest BCUT2D eigenvalue weighted by Crippen LogP contribution is 2.37. The highest BCUT2D eigenvalue weighted by atomic mass is 16.5. The molecule has 6 nitrogen and oxygen atoms in total. The number of rotatable bonds is 2. The highest BCUT2D eigenvalue weighted by molar-refractivity contribution is 6.02. The Labute approximate surface area is 104 Å². The number of hydrogen-bond donors (Lipinski definition) is 1. The number of amides is 1. The van der Waals surface area contributed by atoms with Crippen LogP contribution in [0.3, 0.4) is 0 Å². The van der Waals surface area contributed by atoms with Crippen LogP contribution >= 0.6 is 0 Å². The molecule has 6 heteroatoms. The Bertz CT molecular complexity index is 547. The van der Waals surface area contributed by atoms with E-state index in [2.05, 4.69) is 10.4 Å². The van der Waals surface area contributed by atoms with Gasteiger partial charge in [0.15, 0.2) is 0 Å². The Morgan fingerprint density at radius 1 is 1.67 bits per heavy atom. The number of carbonyl (C=O) groups excluding carboxylic acids is 2. The Morgan fingerprint density at radius 3 is 3.28 bits per heavy atom. The van der Waals surface area contributed by atoms with E-state index in [9.17, 15) is 9.59 Å². The minimum absolute atomic E-state index is 0.0167. The number of carbonyl (C=O) groups is 2. The molecule has 1 amide bonds. The summed E-state index contributed by atoms with van der Waals surface area (Å²) in [7, 11) is 0. The molecule has 0 radical (unpaired) electrons. The van der Waals surface area contributed by atoms with Crippen LogP contribution in [0.25, 0.3) is 0 Å². The van der Waals surface area contributed by atoms with E-state index in [0.29, 0.717) is 18.0 Å². The predicted octanol–water partition coefficient (Wildman–Crippen LogP) is 1.13. The van der Waals surface area contributed by atoms with Crippen LogP contribution in [0.5, 0.6) is 0 Å². The van der Waals surface area contributed by atoms with Gasteiger partial charge in [-0.2, -0.15) is 5.10 Å². The molecule has 0 bridgehead atoms. The third-order valence-corrected chi connectivity index (χ3v) is 3.28. The second-order valence-corrected chi connectivity index (χ2v) is 4.32. The molecule has 0 fully saturated rings. The summed E-state index contributed by atoms with van der Waals surface area (Å²) in [5.41, 5.74) is 0.315. The summed E-state index contributed by atoms with van der Waals surface area (Å²) in [4.78, 5) is 23.6. The molecule has 1 aromatic rings. The van der Waals surface area contributed by atoms with Gasteiger partial charge in [-0.05, 0) is 13.3 Å². The van der Waals surface area contributed by atoms with Crippen LogP contribution in [0.4, 0.5) is 5.82 Å². The van der Waals surface area contributed by atoms with Crippen molar-refractivity contribution in [1.82, 2.24) is 9.78 Å². The van der Waals surface area contributed by atoms with E-state index in [4.69, 9.17) is 4.74 Å². The lowest BCUT2D eigenvalue weighted by Crippen LogP contribution is -2.35. The molecule has 1 N–H and O–H groups in total. The first-order chi connectivity index (χ1) is 8.72. The van der Waals surface area contributed by atoms with Crippen LogP contribution in [0.1, 0.15) is 29.7 Å². The van der Waals surface area contributed by atoms with Crippen LogP contribution in [0.15, 0.2) is 18.3 Å². The van der Waals surface area contributed by atoms with Crippen LogP contribution in [0, 0.1) is 5.92 Å². The zero-order valence-electron chi connectivity index (χ0n) is 9.92.